The van der Waals surface area contributed by atoms with Gasteiger partial charge in [-0.3, -0.25) is 20.2 Å². The van der Waals surface area contributed by atoms with Crippen LogP contribution >= 0.6 is 0 Å². The van der Waals surface area contributed by atoms with E-state index < -0.39 is 17.8 Å². The Morgan fingerprint density at radius 2 is 1.85 bits per heavy atom. The molecule has 2 amide bonds. The fourth-order valence-corrected chi connectivity index (χ4v) is 3.86. The number of urea groups is 1. The molecule has 0 aromatic carbocycles. The number of pyridine rings is 2. The van der Waals surface area contributed by atoms with Crippen molar-refractivity contribution in [3.63, 3.8) is 0 Å². The molecule has 1 fully saturated rings. The number of carbonyl (C=O) groups is 1. The Morgan fingerprint density at radius 3 is 2.55 bits per heavy atom. The summed E-state index contributed by atoms with van der Waals surface area (Å²) in [6.07, 6.45) is 6.32. The molecule has 3 aromatic heterocycles. The average molecular weight is 457 g/mol. The lowest BCUT2D eigenvalue weighted by Gasteiger charge is -2.34. The van der Waals surface area contributed by atoms with Crippen molar-refractivity contribution < 1.29 is 18.0 Å². The molecule has 1 saturated carbocycles. The van der Waals surface area contributed by atoms with Crippen molar-refractivity contribution in [2.24, 2.45) is 0 Å². The summed E-state index contributed by atoms with van der Waals surface area (Å²) >= 11 is 0. The fraction of sp³-hybridized carbons (Fsp3) is 0.318. The monoisotopic (exact) mass is 457 g/mol. The first kappa shape index (κ1) is 22.4. The largest absolute Gasteiger partial charge is 0.417 e. The van der Waals surface area contributed by atoms with E-state index in [0.717, 1.165) is 44.4 Å². The van der Waals surface area contributed by atoms with Crippen LogP contribution in [0.15, 0.2) is 49.2 Å². The lowest BCUT2D eigenvalue weighted by atomic mass is 9.94. The van der Waals surface area contributed by atoms with Crippen molar-refractivity contribution >= 4 is 23.4 Å². The summed E-state index contributed by atoms with van der Waals surface area (Å²) in [5, 5.41) is 2.71. The predicted octanol–water partition coefficient (Wildman–Crippen LogP) is 4.91. The van der Waals surface area contributed by atoms with Crippen LogP contribution in [0.1, 0.15) is 37.7 Å². The second-order valence-electron chi connectivity index (χ2n) is 7.75. The molecule has 3 heterocycles. The van der Waals surface area contributed by atoms with Crippen LogP contribution in [0.2, 0.25) is 0 Å². The predicted molar refractivity (Wildman–Crippen MR) is 117 cm³/mol. The second-order valence-corrected chi connectivity index (χ2v) is 7.75. The van der Waals surface area contributed by atoms with Gasteiger partial charge in [0.15, 0.2) is 11.6 Å². The number of alkyl halides is 3. The van der Waals surface area contributed by atoms with E-state index in [4.69, 9.17) is 5.73 Å². The number of anilines is 3. The molecule has 3 N–H and O–H groups in total. The Labute approximate surface area is 188 Å². The van der Waals surface area contributed by atoms with E-state index in [1.807, 2.05) is 0 Å². The molecule has 3 aromatic rings. The first-order chi connectivity index (χ1) is 15.8. The van der Waals surface area contributed by atoms with Gasteiger partial charge in [-0.15, -0.1) is 0 Å². The van der Waals surface area contributed by atoms with E-state index in [2.05, 4.69) is 25.3 Å². The molecule has 0 atom stereocenters. The molecular weight excluding hydrogens is 435 g/mol. The number of carbonyl (C=O) groups excluding carboxylic acids is 1. The molecule has 33 heavy (non-hydrogen) atoms. The molecule has 0 aliphatic heterocycles. The summed E-state index contributed by atoms with van der Waals surface area (Å²) in [5.41, 5.74) is 5.95. The first-order valence-corrected chi connectivity index (χ1v) is 10.5. The molecule has 8 nitrogen and oxygen atoms in total. The number of halogens is 3. The molecule has 0 radical (unpaired) electrons. The topological polar surface area (TPSA) is 110 Å². The van der Waals surface area contributed by atoms with Crippen molar-refractivity contribution in [1.82, 2.24) is 19.9 Å². The van der Waals surface area contributed by atoms with Gasteiger partial charge in [-0.25, -0.2) is 14.8 Å². The Bertz CT molecular complexity index is 1120. The van der Waals surface area contributed by atoms with Gasteiger partial charge < -0.3 is 5.73 Å². The van der Waals surface area contributed by atoms with Gasteiger partial charge in [0, 0.05) is 36.4 Å². The highest BCUT2D eigenvalue weighted by atomic mass is 19.4. The Morgan fingerprint density at radius 1 is 1.06 bits per heavy atom. The number of nitrogens with zero attached hydrogens (tertiary/aromatic N) is 5. The van der Waals surface area contributed by atoms with E-state index in [0.29, 0.717) is 0 Å². The van der Waals surface area contributed by atoms with Crippen molar-refractivity contribution in [3.05, 3.63) is 54.7 Å². The Kier molecular flexibility index (Phi) is 6.38. The highest BCUT2D eigenvalue weighted by Gasteiger charge is 2.32. The average Bonchev–Trinajstić information content (AvgIpc) is 2.81. The molecule has 1 aliphatic carbocycles. The molecule has 0 unspecified atom stereocenters. The van der Waals surface area contributed by atoms with Crippen LogP contribution in [-0.4, -0.2) is 32.0 Å². The van der Waals surface area contributed by atoms with Gasteiger partial charge in [-0.05, 0) is 31.0 Å². The molecule has 11 heteroatoms. The maximum absolute atomic E-state index is 13.3. The molecule has 4 rings (SSSR count). The summed E-state index contributed by atoms with van der Waals surface area (Å²) in [7, 11) is 0. The van der Waals surface area contributed by atoms with Gasteiger partial charge in [0.1, 0.15) is 0 Å². The fourth-order valence-electron chi connectivity index (χ4n) is 3.86. The summed E-state index contributed by atoms with van der Waals surface area (Å²) in [4.78, 5) is 31.0. The summed E-state index contributed by atoms with van der Waals surface area (Å²) in [6.45, 7) is 0. The number of nitrogen functional groups attached to an aromatic ring is 1. The van der Waals surface area contributed by atoms with Crippen LogP contribution in [-0.2, 0) is 6.18 Å². The molecular formula is C22H22F3N7O. The number of nitrogens with one attached hydrogen (secondary N) is 1. The summed E-state index contributed by atoms with van der Waals surface area (Å²) in [5.74, 6) is 0.443. The van der Waals surface area contributed by atoms with Gasteiger partial charge in [-0.2, -0.15) is 13.2 Å². The van der Waals surface area contributed by atoms with Gasteiger partial charge in [0.2, 0.25) is 0 Å². The quantitative estimate of drug-likeness (QED) is 0.576. The van der Waals surface area contributed by atoms with Crippen LogP contribution in [0.5, 0.6) is 0 Å². The van der Waals surface area contributed by atoms with Crippen molar-refractivity contribution in [1.29, 1.82) is 0 Å². The van der Waals surface area contributed by atoms with Crippen LogP contribution in [0.3, 0.4) is 0 Å². The molecule has 0 saturated heterocycles. The number of hydrogen-bond acceptors (Lipinski definition) is 6. The minimum Gasteiger partial charge on any atom is -0.396 e. The maximum Gasteiger partial charge on any atom is 0.417 e. The lowest BCUT2D eigenvalue weighted by Crippen LogP contribution is -2.45. The smallest absolute Gasteiger partial charge is 0.396 e. The molecule has 172 valence electrons. The molecule has 0 bridgehead atoms. The van der Waals surface area contributed by atoms with E-state index in [1.165, 1.54) is 41.8 Å². The highest BCUT2D eigenvalue weighted by Crippen LogP contribution is 2.34. The van der Waals surface area contributed by atoms with Gasteiger partial charge in [0.05, 0.1) is 23.1 Å². The van der Waals surface area contributed by atoms with E-state index >= 15 is 0 Å². The number of rotatable bonds is 4. The van der Waals surface area contributed by atoms with Gasteiger partial charge >= 0.3 is 12.2 Å². The molecule has 0 spiro atoms. The minimum absolute atomic E-state index is 0.167. The zero-order valence-corrected chi connectivity index (χ0v) is 17.6. The number of hydrogen-bond donors (Lipinski definition) is 2. The van der Waals surface area contributed by atoms with Crippen LogP contribution in [0, 0.1) is 0 Å². The minimum atomic E-state index is -4.54. The number of amides is 2. The second kappa shape index (κ2) is 9.39. The van der Waals surface area contributed by atoms with Crippen LogP contribution in [0.25, 0.3) is 11.3 Å². The zero-order valence-electron chi connectivity index (χ0n) is 17.6. The Hall–Kier alpha value is -3.76. The number of aromatic nitrogens is 4. The van der Waals surface area contributed by atoms with Gasteiger partial charge in [-0.1, -0.05) is 19.3 Å². The third kappa shape index (κ3) is 5.18. The van der Waals surface area contributed by atoms with Gasteiger partial charge in [0.25, 0.3) is 0 Å². The normalized spacial score (nSPS) is 14.6. The Balaban J connectivity index is 1.73. The zero-order chi connectivity index (χ0) is 23.4. The third-order valence-electron chi connectivity index (χ3n) is 5.45. The van der Waals surface area contributed by atoms with E-state index in [1.54, 1.807) is 0 Å². The summed E-state index contributed by atoms with van der Waals surface area (Å²) < 4.78 is 39.5. The van der Waals surface area contributed by atoms with Crippen molar-refractivity contribution in [2.75, 3.05) is 16.0 Å². The van der Waals surface area contributed by atoms with Crippen molar-refractivity contribution in [3.8, 4) is 11.3 Å². The van der Waals surface area contributed by atoms with E-state index in [-0.39, 0.29) is 34.6 Å². The third-order valence-corrected chi connectivity index (χ3v) is 5.45. The van der Waals surface area contributed by atoms with Crippen LogP contribution < -0.4 is 16.0 Å². The summed E-state index contributed by atoms with van der Waals surface area (Å²) in [6, 6.07) is 3.36. The standard InChI is InChI=1S/C22H22F3N7O/c23-22(24,25)15-10-14(11-28-12-15)18-7-6-17(26)20(30-18)32(16-4-2-1-3-5-16)21(33)31-19-13-27-8-9-29-19/h6-13,16H,1-5,26H2,(H,29,31,33). The maximum atomic E-state index is 13.3. The SMILES string of the molecule is Nc1ccc(-c2cncc(C(F)(F)F)c2)nc1N(C(=O)Nc1cnccn1)C1CCCCC1. The lowest BCUT2D eigenvalue weighted by molar-refractivity contribution is -0.137. The molecule has 1 aliphatic rings. The highest BCUT2D eigenvalue weighted by molar-refractivity contribution is 6.02. The van der Waals surface area contributed by atoms with Crippen molar-refractivity contribution in [2.45, 2.75) is 44.3 Å². The van der Waals surface area contributed by atoms with E-state index in [9.17, 15) is 18.0 Å². The van der Waals surface area contributed by atoms with Crippen LogP contribution in [0.4, 0.5) is 35.3 Å². The number of nitrogens with two attached hydrogens (primary N) is 1. The first-order valence-electron chi connectivity index (χ1n) is 10.5.